The van der Waals surface area contributed by atoms with E-state index in [1.165, 1.54) is 7.11 Å². The van der Waals surface area contributed by atoms with Crippen molar-refractivity contribution in [3.8, 4) is 0 Å². The molecule has 0 saturated carbocycles. The van der Waals surface area contributed by atoms with Crippen LogP contribution in [0.3, 0.4) is 0 Å². The van der Waals surface area contributed by atoms with Crippen molar-refractivity contribution in [3.05, 3.63) is 0 Å². The first kappa shape index (κ1) is 13.8. The standard InChI is InChI=1S/C9H13F3N2O3/c1-17-13-7(15)6-2-4-14(5-3-6)8(16)9(10,11)12/h6H,2-5H2,1H3,(H,13,15). The molecule has 1 saturated heterocycles. The predicted octanol–water partition coefficient (Wildman–Crippen LogP) is 0.465. The molecular weight excluding hydrogens is 241 g/mol. The van der Waals surface area contributed by atoms with Crippen LogP contribution >= 0.6 is 0 Å². The van der Waals surface area contributed by atoms with Crippen molar-refractivity contribution >= 4 is 11.8 Å². The number of rotatable bonds is 2. The monoisotopic (exact) mass is 254 g/mol. The average Bonchev–Trinajstić information content (AvgIpc) is 2.27. The number of nitrogens with zero attached hydrogens (tertiary/aromatic N) is 1. The zero-order chi connectivity index (χ0) is 13.1. The summed E-state index contributed by atoms with van der Waals surface area (Å²) in [5.41, 5.74) is 2.12. The number of alkyl halides is 3. The summed E-state index contributed by atoms with van der Waals surface area (Å²) in [7, 11) is 1.28. The van der Waals surface area contributed by atoms with E-state index in [1.807, 2.05) is 0 Å². The molecule has 8 heteroatoms. The van der Waals surface area contributed by atoms with Gasteiger partial charge in [0.15, 0.2) is 0 Å². The molecule has 0 unspecified atom stereocenters. The number of amides is 2. The molecule has 0 aliphatic carbocycles. The van der Waals surface area contributed by atoms with E-state index >= 15 is 0 Å². The zero-order valence-corrected chi connectivity index (χ0v) is 9.21. The molecule has 1 rings (SSSR count). The van der Waals surface area contributed by atoms with Crippen LogP contribution in [0, 0.1) is 5.92 Å². The van der Waals surface area contributed by atoms with Crippen LogP contribution in [0.2, 0.25) is 0 Å². The van der Waals surface area contributed by atoms with Gasteiger partial charge in [-0.15, -0.1) is 0 Å². The summed E-state index contributed by atoms with van der Waals surface area (Å²) in [4.78, 5) is 27.4. The van der Waals surface area contributed by atoms with E-state index in [-0.39, 0.29) is 31.8 Å². The van der Waals surface area contributed by atoms with E-state index in [1.54, 1.807) is 0 Å². The van der Waals surface area contributed by atoms with Gasteiger partial charge in [0.2, 0.25) is 5.91 Å². The molecule has 1 aliphatic rings. The summed E-state index contributed by atoms with van der Waals surface area (Å²) in [6, 6.07) is 0. The Hall–Kier alpha value is -1.31. The number of piperidine rings is 1. The number of nitrogens with one attached hydrogen (secondary N) is 1. The van der Waals surface area contributed by atoms with Crippen molar-refractivity contribution in [3.63, 3.8) is 0 Å². The smallest absolute Gasteiger partial charge is 0.335 e. The summed E-state index contributed by atoms with van der Waals surface area (Å²) < 4.78 is 36.4. The SMILES string of the molecule is CONC(=O)C1CCN(C(=O)C(F)(F)F)CC1. The highest BCUT2D eigenvalue weighted by atomic mass is 19.4. The molecular formula is C9H13F3N2O3. The van der Waals surface area contributed by atoms with Crippen LogP contribution in [-0.2, 0) is 14.4 Å². The molecule has 0 aromatic heterocycles. The summed E-state index contributed by atoms with van der Waals surface area (Å²) in [6.07, 6.45) is -4.43. The molecule has 0 radical (unpaired) electrons. The first-order valence-electron chi connectivity index (χ1n) is 5.05. The third-order valence-electron chi connectivity index (χ3n) is 2.60. The predicted molar refractivity (Wildman–Crippen MR) is 50.5 cm³/mol. The first-order chi connectivity index (χ1) is 7.86. The molecule has 5 nitrogen and oxygen atoms in total. The Morgan fingerprint density at radius 3 is 2.24 bits per heavy atom. The van der Waals surface area contributed by atoms with Gasteiger partial charge in [-0.3, -0.25) is 14.4 Å². The second-order valence-electron chi connectivity index (χ2n) is 3.73. The Balaban J connectivity index is 2.46. The fourth-order valence-corrected chi connectivity index (χ4v) is 1.71. The number of halogens is 3. The Morgan fingerprint density at radius 1 is 1.29 bits per heavy atom. The summed E-state index contributed by atoms with van der Waals surface area (Å²) in [5, 5.41) is 0. The molecule has 0 aromatic carbocycles. The van der Waals surface area contributed by atoms with Crippen LogP contribution in [0.5, 0.6) is 0 Å². The maximum absolute atomic E-state index is 12.1. The number of hydroxylamine groups is 1. The minimum absolute atomic E-state index is 0.0693. The normalized spacial score (nSPS) is 18.0. The molecule has 1 N–H and O–H groups in total. The molecule has 1 heterocycles. The molecule has 1 fully saturated rings. The van der Waals surface area contributed by atoms with Crippen LogP contribution < -0.4 is 5.48 Å². The van der Waals surface area contributed by atoms with E-state index in [2.05, 4.69) is 10.3 Å². The summed E-state index contributed by atoms with van der Waals surface area (Å²) >= 11 is 0. The van der Waals surface area contributed by atoms with Gasteiger partial charge >= 0.3 is 12.1 Å². The first-order valence-corrected chi connectivity index (χ1v) is 5.05. The Bertz CT molecular complexity index is 298. The van der Waals surface area contributed by atoms with Crippen molar-refractivity contribution in [1.29, 1.82) is 0 Å². The molecule has 0 bridgehead atoms. The van der Waals surface area contributed by atoms with Gasteiger partial charge in [-0.1, -0.05) is 0 Å². The molecule has 0 atom stereocenters. The van der Waals surface area contributed by atoms with Crippen molar-refractivity contribution in [2.75, 3.05) is 20.2 Å². The maximum atomic E-state index is 12.1. The lowest BCUT2D eigenvalue weighted by molar-refractivity contribution is -0.187. The van der Waals surface area contributed by atoms with Crippen LogP contribution in [0.4, 0.5) is 13.2 Å². The lowest BCUT2D eigenvalue weighted by Gasteiger charge is -2.31. The van der Waals surface area contributed by atoms with Gasteiger partial charge in [0.25, 0.3) is 0 Å². The summed E-state index contributed by atoms with van der Waals surface area (Å²) in [5.74, 6) is -2.62. The minimum Gasteiger partial charge on any atom is -0.335 e. The van der Waals surface area contributed by atoms with Crippen LogP contribution in [-0.4, -0.2) is 43.1 Å². The molecule has 0 spiro atoms. The van der Waals surface area contributed by atoms with Crippen LogP contribution in [0.1, 0.15) is 12.8 Å². The van der Waals surface area contributed by atoms with E-state index in [9.17, 15) is 22.8 Å². The van der Waals surface area contributed by atoms with E-state index in [0.717, 1.165) is 4.90 Å². The van der Waals surface area contributed by atoms with Crippen molar-refractivity contribution < 1.29 is 27.6 Å². The molecule has 98 valence electrons. The van der Waals surface area contributed by atoms with Gasteiger partial charge in [0.1, 0.15) is 0 Å². The number of hydrogen-bond donors (Lipinski definition) is 1. The second-order valence-corrected chi connectivity index (χ2v) is 3.73. The quantitative estimate of drug-likeness (QED) is 0.728. The van der Waals surface area contributed by atoms with Crippen molar-refractivity contribution in [1.82, 2.24) is 10.4 Å². The van der Waals surface area contributed by atoms with Crippen LogP contribution in [0.25, 0.3) is 0 Å². The number of carbonyl (C=O) groups is 2. The average molecular weight is 254 g/mol. The minimum atomic E-state index is -4.85. The molecule has 0 aromatic rings. The Kier molecular flexibility index (Phi) is 4.33. The number of carbonyl (C=O) groups excluding carboxylic acids is 2. The number of likely N-dealkylation sites (tertiary alicyclic amines) is 1. The van der Waals surface area contributed by atoms with Gasteiger partial charge in [-0.25, -0.2) is 5.48 Å². The third-order valence-corrected chi connectivity index (χ3v) is 2.60. The Morgan fingerprint density at radius 2 is 1.82 bits per heavy atom. The van der Waals surface area contributed by atoms with Crippen LogP contribution in [0.15, 0.2) is 0 Å². The third kappa shape index (κ3) is 3.58. The lowest BCUT2D eigenvalue weighted by atomic mass is 9.96. The second kappa shape index (κ2) is 5.35. The summed E-state index contributed by atoms with van der Waals surface area (Å²) in [6.45, 7) is -0.139. The number of hydrogen-bond acceptors (Lipinski definition) is 3. The fraction of sp³-hybridized carbons (Fsp3) is 0.778. The fourth-order valence-electron chi connectivity index (χ4n) is 1.71. The van der Waals surface area contributed by atoms with Gasteiger partial charge in [-0.2, -0.15) is 13.2 Å². The highest BCUT2D eigenvalue weighted by Crippen LogP contribution is 2.23. The molecule has 2 amide bonds. The molecule has 1 aliphatic heterocycles. The highest BCUT2D eigenvalue weighted by Gasteiger charge is 2.43. The van der Waals surface area contributed by atoms with Crippen molar-refractivity contribution in [2.24, 2.45) is 5.92 Å². The highest BCUT2D eigenvalue weighted by molar-refractivity contribution is 5.82. The van der Waals surface area contributed by atoms with Gasteiger partial charge in [-0.05, 0) is 12.8 Å². The van der Waals surface area contributed by atoms with E-state index < -0.39 is 18.0 Å². The molecule has 17 heavy (non-hydrogen) atoms. The maximum Gasteiger partial charge on any atom is 0.471 e. The van der Waals surface area contributed by atoms with Gasteiger partial charge < -0.3 is 4.90 Å². The Labute approximate surface area is 95.8 Å². The van der Waals surface area contributed by atoms with Gasteiger partial charge in [0.05, 0.1) is 7.11 Å². The topological polar surface area (TPSA) is 58.6 Å². The lowest BCUT2D eigenvalue weighted by Crippen LogP contribution is -2.47. The van der Waals surface area contributed by atoms with E-state index in [0.29, 0.717) is 0 Å². The largest absolute Gasteiger partial charge is 0.471 e. The van der Waals surface area contributed by atoms with Crippen molar-refractivity contribution in [2.45, 2.75) is 19.0 Å². The van der Waals surface area contributed by atoms with E-state index in [4.69, 9.17) is 0 Å². The van der Waals surface area contributed by atoms with Gasteiger partial charge in [0, 0.05) is 19.0 Å². The zero-order valence-electron chi connectivity index (χ0n) is 9.21.